The van der Waals surface area contributed by atoms with Gasteiger partial charge in [0.2, 0.25) is 5.91 Å². The van der Waals surface area contributed by atoms with Crippen LogP contribution in [0.4, 0.5) is 5.69 Å². The van der Waals surface area contributed by atoms with Crippen molar-refractivity contribution in [2.75, 3.05) is 18.5 Å². The van der Waals surface area contributed by atoms with E-state index in [1.807, 2.05) is 12.1 Å². The lowest BCUT2D eigenvalue weighted by atomic mass is 9.95. The van der Waals surface area contributed by atoms with E-state index < -0.39 is 6.04 Å². The molecule has 1 amide bonds. The highest BCUT2D eigenvalue weighted by atomic mass is 35.5. The van der Waals surface area contributed by atoms with Gasteiger partial charge in [-0.25, -0.2) is 0 Å². The third-order valence-electron chi connectivity index (χ3n) is 5.65. The summed E-state index contributed by atoms with van der Waals surface area (Å²) >= 11 is 6.38. The molecule has 148 valence electrons. The van der Waals surface area contributed by atoms with Gasteiger partial charge in [0.05, 0.1) is 35.5 Å². The molecule has 1 heterocycles. The first-order chi connectivity index (χ1) is 13.1. The van der Waals surface area contributed by atoms with Gasteiger partial charge in [-0.1, -0.05) is 56.2 Å². The number of anilines is 1. The number of aliphatic hydroxyl groups is 2. The molecule has 0 atom stereocenters. The Hall–Kier alpha value is -1.56. The van der Waals surface area contributed by atoms with E-state index in [9.17, 15) is 15.0 Å². The van der Waals surface area contributed by atoms with Crippen molar-refractivity contribution in [3.63, 3.8) is 0 Å². The number of carbonyl (C=O) groups is 1. The highest BCUT2D eigenvalue weighted by molar-refractivity contribution is 6.36. The van der Waals surface area contributed by atoms with Crippen molar-refractivity contribution >= 4 is 34.1 Å². The van der Waals surface area contributed by atoms with E-state index in [1.165, 1.54) is 38.5 Å². The first-order valence-electron chi connectivity index (χ1n) is 9.94. The first kappa shape index (κ1) is 20.2. The maximum Gasteiger partial charge on any atom is 0.224 e. The van der Waals surface area contributed by atoms with E-state index in [0.717, 1.165) is 17.3 Å². The second-order valence-corrected chi connectivity index (χ2v) is 7.95. The Morgan fingerprint density at radius 1 is 1.19 bits per heavy atom. The number of nitrogens with one attached hydrogen (secondary N) is 1. The second-order valence-electron chi connectivity index (χ2n) is 7.55. The molecular weight excluding hydrogens is 364 g/mol. The summed E-state index contributed by atoms with van der Waals surface area (Å²) in [5.74, 6) is 0.638. The Balaban J connectivity index is 1.74. The number of aliphatic hydroxyl groups excluding tert-OH is 2. The summed E-state index contributed by atoms with van der Waals surface area (Å²) in [6, 6.07) is 5.01. The summed E-state index contributed by atoms with van der Waals surface area (Å²) in [6.45, 7) is -0.385. The minimum Gasteiger partial charge on any atom is -0.394 e. The van der Waals surface area contributed by atoms with Crippen LogP contribution in [0, 0.1) is 5.92 Å². The SMILES string of the molecule is O=C(CCC1CCCCCC1)Nc1cn(C(CO)CO)c2cccc(Cl)c12. The minimum atomic E-state index is -0.470. The fraction of sp³-hybridized carbons (Fsp3) is 0.571. The predicted octanol–water partition coefficient (Wildman–Crippen LogP) is 4.51. The lowest BCUT2D eigenvalue weighted by molar-refractivity contribution is -0.116. The van der Waals surface area contributed by atoms with Crippen LogP contribution in [0.3, 0.4) is 0 Å². The topological polar surface area (TPSA) is 74.5 Å². The Kier molecular flexibility index (Phi) is 7.16. The number of benzene rings is 1. The lowest BCUT2D eigenvalue weighted by Crippen LogP contribution is -2.16. The summed E-state index contributed by atoms with van der Waals surface area (Å²) in [4.78, 5) is 12.6. The van der Waals surface area contributed by atoms with Gasteiger partial charge < -0.3 is 20.1 Å². The molecule has 0 saturated heterocycles. The molecule has 27 heavy (non-hydrogen) atoms. The van der Waals surface area contributed by atoms with E-state index >= 15 is 0 Å². The van der Waals surface area contributed by atoms with Crippen LogP contribution in [-0.2, 0) is 4.79 Å². The average Bonchev–Trinajstić information content (AvgIpc) is 2.85. The smallest absolute Gasteiger partial charge is 0.224 e. The molecule has 5 nitrogen and oxygen atoms in total. The largest absolute Gasteiger partial charge is 0.394 e. The molecule has 0 unspecified atom stereocenters. The van der Waals surface area contributed by atoms with Gasteiger partial charge in [0.1, 0.15) is 0 Å². The van der Waals surface area contributed by atoms with Crippen LogP contribution in [-0.4, -0.2) is 33.9 Å². The van der Waals surface area contributed by atoms with Crippen molar-refractivity contribution in [1.82, 2.24) is 4.57 Å². The normalized spacial score (nSPS) is 16.0. The van der Waals surface area contributed by atoms with Gasteiger partial charge in [-0.3, -0.25) is 4.79 Å². The highest BCUT2D eigenvalue weighted by Gasteiger charge is 2.19. The first-order valence-corrected chi connectivity index (χ1v) is 10.3. The van der Waals surface area contributed by atoms with Crippen LogP contribution in [0.1, 0.15) is 57.4 Å². The van der Waals surface area contributed by atoms with E-state index in [2.05, 4.69) is 5.32 Å². The van der Waals surface area contributed by atoms with Crippen LogP contribution < -0.4 is 5.32 Å². The van der Waals surface area contributed by atoms with Gasteiger partial charge in [-0.2, -0.15) is 0 Å². The number of amides is 1. The van der Waals surface area contributed by atoms with E-state index in [1.54, 1.807) is 16.8 Å². The van der Waals surface area contributed by atoms with Crippen molar-refractivity contribution < 1.29 is 15.0 Å². The molecule has 2 aromatic rings. The van der Waals surface area contributed by atoms with Gasteiger partial charge in [-0.05, 0) is 24.5 Å². The Morgan fingerprint density at radius 3 is 2.56 bits per heavy atom. The number of carbonyl (C=O) groups excluding carboxylic acids is 1. The summed E-state index contributed by atoms with van der Waals surface area (Å²) < 4.78 is 1.78. The summed E-state index contributed by atoms with van der Waals surface area (Å²) in [5, 5.41) is 23.4. The predicted molar refractivity (Wildman–Crippen MR) is 109 cm³/mol. The van der Waals surface area contributed by atoms with Crippen molar-refractivity contribution in [2.45, 2.75) is 57.4 Å². The Morgan fingerprint density at radius 2 is 1.89 bits per heavy atom. The summed E-state index contributed by atoms with van der Waals surface area (Å²) in [5.41, 5.74) is 1.42. The molecule has 1 saturated carbocycles. The Labute approximate surface area is 165 Å². The number of fused-ring (bicyclic) bond motifs is 1. The molecule has 1 aliphatic rings. The molecule has 1 aliphatic carbocycles. The number of hydrogen-bond donors (Lipinski definition) is 3. The molecule has 1 aromatic carbocycles. The average molecular weight is 393 g/mol. The summed E-state index contributed by atoms with van der Waals surface area (Å²) in [6.07, 6.45) is 10.8. The molecule has 0 radical (unpaired) electrons. The molecule has 1 aromatic heterocycles. The van der Waals surface area contributed by atoms with Gasteiger partial charge in [0.25, 0.3) is 0 Å². The molecule has 3 N–H and O–H groups in total. The fourth-order valence-corrected chi connectivity index (χ4v) is 4.37. The van der Waals surface area contributed by atoms with Crippen LogP contribution in [0.25, 0.3) is 10.9 Å². The number of hydrogen-bond acceptors (Lipinski definition) is 3. The van der Waals surface area contributed by atoms with Crippen LogP contribution >= 0.6 is 11.6 Å². The molecule has 0 aliphatic heterocycles. The standard InChI is InChI=1S/C21H29ClN2O3/c22-17-8-5-9-19-21(17)18(12-24(19)16(13-25)14-26)23-20(27)11-10-15-6-3-1-2-4-7-15/h5,8-9,12,15-16,25-26H,1-4,6-7,10-11,13-14H2,(H,23,27). The van der Waals surface area contributed by atoms with Gasteiger partial charge >= 0.3 is 0 Å². The number of aromatic nitrogens is 1. The zero-order valence-corrected chi connectivity index (χ0v) is 16.4. The second kappa shape index (κ2) is 9.58. The van der Waals surface area contributed by atoms with Crippen LogP contribution in [0.15, 0.2) is 24.4 Å². The minimum absolute atomic E-state index is 0.0113. The molecule has 1 fully saturated rings. The number of nitrogens with zero attached hydrogens (tertiary/aromatic N) is 1. The van der Waals surface area contributed by atoms with E-state index in [0.29, 0.717) is 23.0 Å². The molecule has 0 bridgehead atoms. The third kappa shape index (κ3) is 4.84. The maximum atomic E-state index is 12.6. The molecule has 0 spiro atoms. The van der Waals surface area contributed by atoms with Crippen LogP contribution in [0.2, 0.25) is 5.02 Å². The summed E-state index contributed by atoms with van der Waals surface area (Å²) in [7, 11) is 0. The Bertz CT molecular complexity index is 762. The van der Waals surface area contributed by atoms with E-state index in [4.69, 9.17) is 11.6 Å². The zero-order chi connectivity index (χ0) is 19.2. The monoisotopic (exact) mass is 392 g/mol. The number of halogens is 1. The highest BCUT2D eigenvalue weighted by Crippen LogP contribution is 2.34. The van der Waals surface area contributed by atoms with Gasteiger partial charge in [0.15, 0.2) is 0 Å². The fourth-order valence-electron chi connectivity index (χ4n) is 4.10. The van der Waals surface area contributed by atoms with E-state index in [-0.39, 0.29) is 19.1 Å². The quantitative estimate of drug-likeness (QED) is 0.607. The molecule has 3 rings (SSSR count). The van der Waals surface area contributed by atoms with Gasteiger partial charge in [0, 0.05) is 18.0 Å². The lowest BCUT2D eigenvalue weighted by Gasteiger charge is -2.14. The number of rotatable bonds is 7. The molecule has 6 heteroatoms. The zero-order valence-electron chi connectivity index (χ0n) is 15.7. The maximum absolute atomic E-state index is 12.6. The third-order valence-corrected chi connectivity index (χ3v) is 5.97. The van der Waals surface area contributed by atoms with Crippen molar-refractivity contribution in [3.8, 4) is 0 Å². The molecular formula is C21H29ClN2O3. The van der Waals surface area contributed by atoms with Crippen molar-refractivity contribution in [3.05, 3.63) is 29.4 Å². The van der Waals surface area contributed by atoms with Crippen molar-refractivity contribution in [1.29, 1.82) is 0 Å². The van der Waals surface area contributed by atoms with Crippen LogP contribution in [0.5, 0.6) is 0 Å². The van der Waals surface area contributed by atoms with Gasteiger partial charge in [-0.15, -0.1) is 0 Å². The van der Waals surface area contributed by atoms with Crippen molar-refractivity contribution in [2.24, 2.45) is 5.92 Å².